The minimum absolute atomic E-state index is 0.0584. The normalized spacial score (nSPS) is 15.3. The molecule has 2 atom stereocenters. The van der Waals surface area contributed by atoms with Crippen molar-refractivity contribution in [2.45, 2.75) is 26.0 Å². The quantitative estimate of drug-likeness (QED) is 0.791. The number of phenolic OH excluding ortho intramolecular Hbond substituents is 1. The zero-order valence-corrected chi connectivity index (χ0v) is 10.4. The first-order valence-electron chi connectivity index (χ1n) is 4.85. The van der Waals surface area contributed by atoms with Crippen LogP contribution in [0.25, 0.3) is 0 Å². The molecule has 0 bridgehead atoms. The SMILES string of the molecule is CC(C)[C@@H](O)[C@@H](N)c1ccc(Br)cc1O. The molecule has 0 saturated carbocycles. The van der Waals surface area contributed by atoms with Crippen LogP contribution in [0.3, 0.4) is 0 Å². The van der Waals surface area contributed by atoms with Crippen LogP contribution in [-0.4, -0.2) is 16.3 Å². The number of hydrogen-bond acceptors (Lipinski definition) is 3. The van der Waals surface area contributed by atoms with E-state index in [1.165, 1.54) is 0 Å². The van der Waals surface area contributed by atoms with Crippen LogP contribution < -0.4 is 5.73 Å². The van der Waals surface area contributed by atoms with Crippen molar-refractivity contribution in [1.82, 2.24) is 0 Å². The third kappa shape index (κ3) is 2.93. The first kappa shape index (κ1) is 12.5. The van der Waals surface area contributed by atoms with E-state index in [1.807, 2.05) is 13.8 Å². The smallest absolute Gasteiger partial charge is 0.121 e. The summed E-state index contributed by atoms with van der Waals surface area (Å²) in [6.45, 7) is 3.78. The predicted molar refractivity (Wildman–Crippen MR) is 63.6 cm³/mol. The molecule has 4 heteroatoms. The molecule has 1 rings (SSSR count). The molecule has 0 unspecified atom stereocenters. The first-order valence-corrected chi connectivity index (χ1v) is 5.65. The Morgan fingerprint density at radius 3 is 2.40 bits per heavy atom. The number of aliphatic hydroxyl groups is 1. The average molecular weight is 274 g/mol. The number of benzene rings is 1. The van der Waals surface area contributed by atoms with E-state index in [-0.39, 0.29) is 11.7 Å². The molecule has 1 aromatic rings. The monoisotopic (exact) mass is 273 g/mol. The number of rotatable bonds is 3. The number of phenols is 1. The summed E-state index contributed by atoms with van der Waals surface area (Å²) in [5, 5.41) is 19.5. The van der Waals surface area contributed by atoms with Gasteiger partial charge in [0, 0.05) is 10.0 Å². The van der Waals surface area contributed by atoms with Gasteiger partial charge in [-0.15, -0.1) is 0 Å². The van der Waals surface area contributed by atoms with Crippen LogP contribution in [-0.2, 0) is 0 Å². The largest absolute Gasteiger partial charge is 0.508 e. The molecule has 0 saturated heterocycles. The summed E-state index contributed by atoms with van der Waals surface area (Å²) in [6, 6.07) is 4.53. The van der Waals surface area contributed by atoms with Gasteiger partial charge in [0.2, 0.25) is 0 Å². The summed E-state index contributed by atoms with van der Waals surface area (Å²) >= 11 is 3.25. The van der Waals surface area contributed by atoms with Crippen LogP contribution in [0.4, 0.5) is 0 Å². The van der Waals surface area contributed by atoms with Crippen LogP contribution >= 0.6 is 15.9 Å². The number of halogens is 1. The van der Waals surface area contributed by atoms with Crippen molar-refractivity contribution < 1.29 is 10.2 Å². The molecule has 0 aliphatic heterocycles. The molecule has 0 spiro atoms. The lowest BCUT2D eigenvalue weighted by molar-refractivity contribution is 0.0970. The fraction of sp³-hybridized carbons (Fsp3) is 0.455. The maximum atomic E-state index is 9.79. The van der Waals surface area contributed by atoms with Crippen molar-refractivity contribution in [2.24, 2.45) is 11.7 Å². The Bertz CT molecular complexity index is 341. The molecule has 0 radical (unpaired) electrons. The van der Waals surface area contributed by atoms with E-state index in [0.29, 0.717) is 5.56 Å². The highest BCUT2D eigenvalue weighted by Gasteiger charge is 2.22. The predicted octanol–water partition coefficient (Wildman–Crippen LogP) is 2.17. The van der Waals surface area contributed by atoms with Gasteiger partial charge in [0.1, 0.15) is 5.75 Å². The molecular formula is C11H16BrNO2. The molecular weight excluding hydrogens is 258 g/mol. The second-order valence-electron chi connectivity index (χ2n) is 3.96. The Labute approximate surface area is 98.1 Å². The lowest BCUT2D eigenvalue weighted by Crippen LogP contribution is -2.30. The van der Waals surface area contributed by atoms with E-state index < -0.39 is 12.1 Å². The van der Waals surface area contributed by atoms with E-state index >= 15 is 0 Å². The minimum atomic E-state index is -0.655. The Morgan fingerprint density at radius 1 is 1.33 bits per heavy atom. The lowest BCUT2D eigenvalue weighted by atomic mass is 9.94. The highest BCUT2D eigenvalue weighted by atomic mass is 79.9. The zero-order chi connectivity index (χ0) is 11.6. The van der Waals surface area contributed by atoms with Crippen LogP contribution in [0.15, 0.2) is 22.7 Å². The standard InChI is InChI=1S/C11H16BrNO2/c1-6(2)11(15)10(13)8-4-3-7(12)5-9(8)14/h3-6,10-11,14-15H,13H2,1-2H3/t10-,11+/m0/s1. The van der Waals surface area contributed by atoms with Gasteiger partial charge in [-0.25, -0.2) is 0 Å². The summed E-state index contributed by atoms with van der Waals surface area (Å²) in [5.74, 6) is 0.166. The van der Waals surface area contributed by atoms with Crippen LogP contribution in [0, 0.1) is 5.92 Å². The van der Waals surface area contributed by atoms with Gasteiger partial charge in [0.15, 0.2) is 0 Å². The Kier molecular flexibility index (Phi) is 4.13. The van der Waals surface area contributed by atoms with E-state index in [2.05, 4.69) is 15.9 Å². The molecule has 3 nitrogen and oxygen atoms in total. The summed E-state index contributed by atoms with van der Waals surface area (Å²) in [4.78, 5) is 0. The number of hydrogen-bond donors (Lipinski definition) is 3. The molecule has 0 heterocycles. The topological polar surface area (TPSA) is 66.5 Å². The second-order valence-corrected chi connectivity index (χ2v) is 4.88. The summed E-state index contributed by atoms with van der Waals surface area (Å²) in [7, 11) is 0. The van der Waals surface area contributed by atoms with Crippen LogP contribution in [0.1, 0.15) is 25.5 Å². The summed E-state index contributed by atoms with van der Waals surface area (Å²) < 4.78 is 0.787. The van der Waals surface area contributed by atoms with E-state index in [9.17, 15) is 10.2 Å². The molecule has 84 valence electrons. The minimum Gasteiger partial charge on any atom is -0.508 e. The van der Waals surface area contributed by atoms with Gasteiger partial charge >= 0.3 is 0 Å². The number of nitrogens with two attached hydrogens (primary N) is 1. The van der Waals surface area contributed by atoms with E-state index in [1.54, 1.807) is 18.2 Å². The Balaban J connectivity index is 2.96. The molecule has 0 amide bonds. The van der Waals surface area contributed by atoms with Crippen molar-refractivity contribution in [3.8, 4) is 5.75 Å². The molecule has 0 fully saturated rings. The molecule has 0 aliphatic rings. The molecule has 0 aromatic heterocycles. The first-order chi connectivity index (χ1) is 6.93. The van der Waals surface area contributed by atoms with Gasteiger partial charge in [-0.2, -0.15) is 0 Å². The van der Waals surface area contributed by atoms with Gasteiger partial charge in [-0.3, -0.25) is 0 Å². The fourth-order valence-electron chi connectivity index (χ4n) is 1.40. The van der Waals surface area contributed by atoms with E-state index in [4.69, 9.17) is 5.73 Å². The van der Waals surface area contributed by atoms with Crippen molar-refractivity contribution in [3.05, 3.63) is 28.2 Å². The summed E-state index contributed by atoms with van der Waals surface area (Å²) in [5.41, 5.74) is 6.43. The van der Waals surface area contributed by atoms with Crippen molar-refractivity contribution in [1.29, 1.82) is 0 Å². The van der Waals surface area contributed by atoms with Gasteiger partial charge in [-0.1, -0.05) is 35.8 Å². The highest BCUT2D eigenvalue weighted by Crippen LogP contribution is 2.29. The van der Waals surface area contributed by atoms with Gasteiger partial charge in [0.05, 0.1) is 12.1 Å². The molecule has 4 N–H and O–H groups in total. The number of aliphatic hydroxyl groups excluding tert-OH is 1. The van der Waals surface area contributed by atoms with Gasteiger partial charge in [0.25, 0.3) is 0 Å². The third-order valence-electron chi connectivity index (χ3n) is 2.40. The van der Waals surface area contributed by atoms with E-state index in [0.717, 1.165) is 4.47 Å². The molecule has 0 aliphatic carbocycles. The third-order valence-corrected chi connectivity index (χ3v) is 2.90. The second kappa shape index (κ2) is 4.96. The molecule has 15 heavy (non-hydrogen) atoms. The van der Waals surface area contributed by atoms with Crippen molar-refractivity contribution in [2.75, 3.05) is 0 Å². The fourth-order valence-corrected chi connectivity index (χ4v) is 1.75. The number of aromatic hydroxyl groups is 1. The maximum Gasteiger partial charge on any atom is 0.121 e. The zero-order valence-electron chi connectivity index (χ0n) is 8.81. The lowest BCUT2D eigenvalue weighted by Gasteiger charge is -2.23. The average Bonchev–Trinajstić information content (AvgIpc) is 2.15. The van der Waals surface area contributed by atoms with Crippen molar-refractivity contribution in [3.63, 3.8) is 0 Å². The maximum absolute atomic E-state index is 9.79. The highest BCUT2D eigenvalue weighted by molar-refractivity contribution is 9.10. The Morgan fingerprint density at radius 2 is 1.93 bits per heavy atom. The van der Waals surface area contributed by atoms with Crippen molar-refractivity contribution >= 4 is 15.9 Å². The van der Waals surface area contributed by atoms with Gasteiger partial charge < -0.3 is 15.9 Å². The van der Waals surface area contributed by atoms with Crippen LogP contribution in [0.5, 0.6) is 5.75 Å². The Hall–Kier alpha value is -0.580. The summed E-state index contributed by atoms with van der Waals surface area (Å²) in [6.07, 6.45) is -0.655. The van der Waals surface area contributed by atoms with Gasteiger partial charge in [-0.05, 0) is 18.1 Å². The van der Waals surface area contributed by atoms with Crippen LogP contribution in [0.2, 0.25) is 0 Å². The molecule has 1 aromatic carbocycles.